The van der Waals surface area contributed by atoms with Gasteiger partial charge in [-0.05, 0) is 11.4 Å². The third-order valence-corrected chi connectivity index (χ3v) is 3.26. The zero-order chi connectivity index (χ0) is 12.8. The Labute approximate surface area is 108 Å². The fourth-order valence-corrected chi connectivity index (χ4v) is 2.20. The summed E-state index contributed by atoms with van der Waals surface area (Å²) in [7, 11) is 0. The molecule has 18 heavy (non-hydrogen) atoms. The topological polar surface area (TPSA) is 64.0 Å². The van der Waals surface area contributed by atoms with Crippen molar-refractivity contribution in [1.82, 2.24) is 14.9 Å². The third-order valence-electron chi connectivity index (χ3n) is 2.38. The van der Waals surface area contributed by atoms with Crippen LogP contribution >= 0.6 is 11.3 Å². The van der Waals surface area contributed by atoms with Gasteiger partial charge in [0.05, 0.1) is 12.7 Å². The van der Waals surface area contributed by atoms with E-state index in [9.17, 15) is 9.59 Å². The Morgan fingerprint density at radius 3 is 3.06 bits per heavy atom. The average molecular weight is 263 g/mol. The van der Waals surface area contributed by atoms with Crippen LogP contribution in [0.3, 0.4) is 0 Å². The molecule has 0 bridgehead atoms. The summed E-state index contributed by atoms with van der Waals surface area (Å²) in [5.41, 5.74) is -0.113. The lowest BCUT2D eigenvalue weighted by Crippen LogP contribution is -2.31. The van der Waals surface area contributed by atoms with Gasteiger partial charge in [-0.3, -0.25) is 14.2 Å². The maximum Gasteiger partial charge on any atom is 0.253 e. The number of amides is 1. The van der Waals surface area contributed by atoms with Gasteiger partial charge < -0.3 is 5.32 Å². The van der Waals surface area contributed by atoms with Gasteiger partial charge in [0.2, 0.25) is 5.91 Å². The van der Waals surface area contributed by atoms with E-state index < -0.39 is 0 Å². The van der Waals surface area contributed by atoms with Crippen molar-refractivity contribution in [2.75, 3.05) is 6.54 Å². The molecule has 1 N–H and O–H groups in total. The van der Waals surface area contributed by atoms with Crippen LogP contribution in [0.1, 0.15) is 4.88 Å². The number of hydrogen-bond acceptors (Lipinski definition) is 4. The molecule has 2 aromatic rings. The summed E-state index contributed by atoms with van der Waals surface area (Å²) in [6.07, 6.45) is 3.31. The monoisotopic (exact) mass is 263 g/mol. The smallest absolute Gasteiger partial charge is 0.253 e. The Hall–Kier alpha value is -1.95. The first-order chi connectivity index (χ1) is 8.75. The van der Waals surface area contributed by atoms with Crippen molar-refractivity contribution in [2.24, 2.45) is 0 Å². The van der Waals surface area contributed by atoms with Crippen LogP contribution in [0.4, 0.5) is 0 Å². The highest BCUT2D eigenvalue weighted by atomic mass is 32.1. The van der Waals surface area contributed by atoms with Gasteiger partial charge in [0, 0.05) is 30.2 Å². The second-order valence-corrected chi connectivity index (χ2v) is 4.75. The van der Waals surface area contributed by atoms with Gasteiger partial charge in [-0.1, -0.05) is 6.07 Å². The molecule has 0 atom stereocenters. The van der Waals surface area contributed by atoms with Gasteiger partial charge in [-0.25, -0.2) is 4.98 Å². The minimum Gasteiger partial charge on any atom is -0.354 e. The molecule has 94 valence electrons. The summed E-state index contributed by atoms with van der Waals surface area (Å²) < 4.78 is 1.46. The van der Waals surface area contributed by atoms with Crippen molar-refractivity contribution in [2.45, 2.75) is 13.0 Å². The Kier molecular flexibility index (Phi) is 4.25. The lowest BCUT2D eigenvalue weighted by molar-refractivity contribution is -0.120. The fourth-order valence-electron chi connectivity index (χ4n) is 1.50. The quantitative estimate of drug-likeness (QED) is 0.862. The molecule has 0 aliphatic heterocycles. The molecule has 0 aromatic carbocycles. The van der Waals surface area contributed by atoms with Crippen LogP contribution in [-0.4, -0.2) is 22.0 Å². The van der Waals surface area contributed by atoms with Crippen LogP contribution < -0.4 is 10.9 Å². The molecule has 0 aliphatic rings. The Morgan fingerprint density at radius 1 is 1.44 bits per heavy atom. The zero-order valence-electron chi connectivity index (χ0n) is 9.70. The Morgan fingerprint density at radius 2 is 2.33 bits per heavy atom. The molecule has 0 saturated heterocycles. The van der Waals surface area contributed by atoms with Crippen LogP contribution in [0.15, 0.2) is 40.9 Å². The van der Waals surface area contributed by atoms with Crippen molar-refractivity contribution < 1.29 is 4.79 Å². The zero-order valence-corrected chi connectivity index (χ0v) is 10.5. The molecule has 0 aliphatic carbocycles. The van der Waals surface area contributed by atoms with Crippen molar-refractivity contribution in [3.63, 3.8) is 0 Å². The number of aromatic nitrogens is 2. The number of thiophene rings is 1. The summed E-state index contributed by atoms with van der Waals surface area (Å²) in [4.78, 5) is 27.8. The number of hydrogen-bond donors (Lipinski definition) is 1. The predicted molar refractivity (Wildman–Crippen MR) is 69.5 cm³/mol. The van der Waals surface area contributed by atoms with E-state index in [1.54, 1.807) is 11.3 Å². The average Bonchev–Trinajstić information content (AvgIpc) is 2.84. The first-order valence-corrected chi connectivity index (χ1v) is 6.43. The maximum atomic E-state index is 11.6. The highest BCUT2D eigenvalue weighted by Crippen LogP contribution is 2.08. The summed E-state index contributed by atoms with van der Waals surface area (Å²) in [6, 6.07) is 5.24. The van der Waals surface area contributed by atoms with Gasteiger partial charge in [-0.2, -0.15) is 0 Å². The summed E-state index contributed by atoms with van der Waals surface area (Å²) >= 11 is 1.56. The molecular weight excluding hydrogens is 250 g/mol. The first-order valence-electron chi connectivity index (χ1n) is 5.55. The molecular formula is C12H13N3O2S. The number of nitrogens with zero attached hydrogens (tertiary/aromatic N) is 2. The number of carbonyl (C=O) groups is 1. The number of rotatable bonds is 5. The minimum absolute atomic E-state index is 0.0330. The largest absolute Gasteiger partial charge is 0.354 e. The fraction of sp³-hybridized carbons (Fsp3) is 0.250. The van der Waals surface area contributed by atoms with E-state index in [1.807, 2.05) is 17.5 Å². The van der Waals surface area contributed by atoms with E-state index in [4.69, 9.17) is 0 Å². The molecule has 1 amide bonds. The van der Waals surface area contributed by atoms with Gasteiger partial charge in [-0.15, -0.1) is 11.3 Å². The molecule has 0 radical (unpaired) electrons. The van der Waals surface area contributed by atoms with Gasteiger partial charge in [0.15, 0.2) is 0 Å². The van der Waals surface area contributed by atoms with Crippen molar-refractivity contribution in [1.29, 1.82) is 0 Å². The first kappa shape index (κ1) is 12.5. The molecule has 2 rings (SSSR count). The molecule has 0 unspecified atom stereocenters. The van der Waals surface area contributed by atoms with Crippen molar-refractivity contribution >= 4 is 17.2 Å². The van der Waals surface area contributed by atoms with Gasteiger partial charge >= 0.3 is 0 Å². The van der Waals surface area contributed by atoms with Crippen LogP contribution in [0.2, 0.25) is 0 Å². The molecule has 6 heteroatoms. The molecule has 2 aromatic heterocycles. The summed E-state index contributed by atoms with van der Waals surface area (Å²) in [5.74, 6) is -0.0330. The predicted octanol–water partition coefficient (Wildman–Crippen LogP) is 0.664. The second-order valence-electron chi connectivity index (χ2n) is 3.72. The highest BCUT2D eigenvalue weighted by Gasteiger charge is 2.03. The lowest BCUT2D eigenvalue weighted by Gasteiger charge is -2.06. The molecule has 2 heterocycles. The van der Waals surface area contributed by atoms with E-state index >= 15 is 0 Å². The number of carbonyl (C=O) groups excluding carboxylic acids is 1. The SMILES string of the molecule is O=C(Cc1cccs1)NCCn1cnccc1=O. The van der Waals surface area contributed by atoms with Gasteiger partial charge in [0.25, 0.3) is 5.56 Å². The molecule has 0 spiro atoms. The summed E-state index contributed by atoms with van der Waals surface area (Å²) in [6.45, 7) is 0.860. The van der Waals surface area contributed by atoms with Crippen molar-refractivity contribution in [3.05, 3.63) is 51.3 Å². The van der Waals surface area contributed by atoms with Crippen LogP contribution in [-0.2, 0) is 17.8 Å². The lowest BCUT2D eigenvalue weighted by atomic mass is 10.3. The van der Waals surface area contributed by atoms with Crippen LogP contribution in [0.25, 0.3) is 0 Å². The highest BCUT2D eigenvalue weighted by molar-refractivity contribution is 7.10. The van der Waals surface area contributed by atoms with E-state index in [-0.39, 0.29) is 11.5 Å². The van der Waals surface area contributed by atoms with Crippen LogP contribution in [0.5, 0.6) is 0 Å². The van der Waals surface area contributed by atoms with Gasteiger partial charge in [0.1, 0.15) is 0 Å². The maximum absolute atomic E-state index is 11.6. The minimum atomic E-state index is -0.113. The van der Waals surface area contributed by atoms with Crippen LogP contribution in [0, 0.1) is 0 Å². The Bertz CT molecular complexity index is 563. The van der Waals surface area contributed by atoms with E-state index in [0.717, 1.165) is 4.88 Å². The standard InChI is InChI=1S/C12H13N3O2S/c16-11(8-10-2-1-7-18-10)14-5-6-15-9-13-4-3-12(15)17/h1-4,7,9H,5-6,8H2,(H,14,16). The molecule has 0 fully saturated rings. The summed E-state index contributed by atoms with van der Waals surface area (Å²) in [5, 5.41) is 4.72. The second kappa shape index (κ2) is 6.11. The normalized spacial score (nSPS) is 10.2. The number of nitrogens with one attached hydrogen (secondary N) is 1. The van der Waals surface area contributed by atoms with E-state index in [2.05, 4.69) is 10.3 Å². The van der Waals surface area contributed by atoms with E-state index in [1.165, 1.54) is 23.2 Å². The Balaban J connectivity index is 1.77. The van der Waals surface area contributed by atoms with Crippen molar-refractivity contribution in [3.8, 4) is 0 Å². The van der Waals surface area contributed by atoms with E-state index in [0.29, 0.717) is 19.5 Å². The molecule has 0 saturated carbocycles. The molecule has 5 nitrogen and oxygen atoms in total. The third kappa shape index (κ3) is 3.53.